The van der Waals surface area contributed by atoms with Gasteiger partial charge in [0, 0.05) is 32.7 Å². The standard InChI is InChI=1S/C43H29F3N4/c1-24-11-6-15-29-30-16-7-12-25(2)40(30)49(39(24)29)35-21-28(23-47)22-36(38(35)37-33(43(44,45)46)19-10-20-34(37)48-5)50-41-26(3)13-8-17-31(41)32-18-9-14-27(4)42(32)50/h6-22H,1-4H3. The Kier molecular flexibility index (Phi) is 6.89. The largest absolute Gasteiger partial charge is 0.415 e. The van der Waals surface area contributed by atoms with Crippen molar-refractivity contribution in [1.29, 1.82) is 5.26 Å². The summed E-state index contributed by atoms with van der Waals surface area (Å²) in [5.41, 5.74) is 6.99. The van der Waals surface area contributed by atoms with Crippen molar-refractivity contribution >= 4 is 49.3 Å². The van der Waals surface area contributed by atoms with Crippen LogP contribution in [0.2, 0.25) is 0 Å². The van der Waals surface area contributed by atoms with Gasteiger partial charge in [0.2, 0.25) is 0 Å². The van der Waals surface area contributed by atoms with Crippen LogP contribution >= 0.6 is 0 Å². The highest BCUT2D eigenvalue weighted by Gasteiger charge is 2.37. The van der Waals surface area contributed by atoms with Crippen molar-refractivity contribution in [3.63, 3.8) is 0 Å². The molecule has 0 saturated carbocycles. The van der Waals surface area contributed by atoms with Gasteiger partial charge in [0.1, 0.15) is 0 Å². The molecule has 0 aliphatic carbocycles. The van der Waals surface area contributed by atoms with Gasteiger partial charge in [-0.25, -0.2) is 4.85 Å². The quantitative estimate of drug-likeness (QED) is 0.174. The first-order valence-electron chi connectivity index (χ1n) is 16.2. The number of nitriles is 1. The van der Waals surface area contributed by atoms with Gasteiger partial charge >= 0.3 is 6.18 Å². The zero-order chi connectivity index (χ0) is 35.1. The number of hydrogen-bond donors (Lipinski definition) is 0. The fourth-order valence-corrected chi connectivity index (χ4v) is 7.82. The van der Waals surface area contributed by atoms with Gasteiger partial charge < -0.3 is 9.13 Å². The second-order valence-corrected chi connectivity index (χ2v) is 12.9. The van der Waals surface area contributed by atoms with Crippen LogP contribution < -0.4 is 0 Å². The molecule has 0 fully saturated rings. The van der Waals surface area contributed by atoms with Gasteiger partial charge in [-0.15, -0.1) is 0 Å². The molecule has 242 valence electrons. The number of alkyl halides is 3. The van der Waals surface area contributed by atoms with Crippen molar-refractivity contribution in [3.05, 3.63) is 148 Å². The Morgan fingerprint density at radius 3 is 1.30 bits per heavy atom. The topological polar surface area (TPSA) is 38.0 Å². The number of aryl methyl sites for hydroxylation is 4. The second kappa shape index (κ2) is 11.1. The van der Waals surface area contributed by atoms with E-state index < -0.39 is 11.7 Å². The third-order valence-electron chi connectivity index (χ3n) is 9.85. The Morgan fingerprint density at radius 2 is 0.960 bits per heavy atom. The average molecular weight is 659 g/mol. The molecule has 0 saturated heterocycles. The normalized spacial score (nSPS) is 11.9. The maximum Gasteiger partial charge on any atom is 0.415 e. The Balaban J connectivity index is 1.72. The molecule has 0 radical (unpaired) electrons. The molecule has 6 aromatic carbocycles. The summed E-state index contributed by atoms with van der Waals surface area (Å²) >= 11 is 0. The first-order valence-corrected chi connectivity index (χ1v) is 16.2. The molecule has 0 spiro atoms. The number of nitrogens with zero attached hydrogens (tertiary/aromatic N) is 4. The zero-order valence-electron chi connectivity index (χ0n) is 27.7. The fourth-order valence-electron chi connectivity index (χ4n) is 7.82. The minimum atomic E-state index is -4.78. The molecule has 0 aliphatic heterocycles. The number of hydrogen-bond acceptors (Lipinski definition) is 1. The van der Waals surface area contributed by atoms with E-state index in [0.29, 0.717) is 11.4 Å². The molecule has 0 amide bonds. The van der Waals surface area contributed by atoms with Crippen molar-refractivity contribution in [3.8, 4) is 28.6 Å². The van der Waals surface area contributed by atoms with Crippen LogP contribution in [0.4, 0.5) is 18.9 Å². The number of aromatic nitrogens is 2. The van der Waals surface area contributed by atoms with Crippen molar-refractivity contribution in [1.82, 2.24) is 9.13 Å². The maximum absolute atomic E-state index is 15.2. The summed E-state index contributed by atoms with van der Waals surface area (Å²) < 4.78 is 49.7. The highest BCUT2D eigenvalue weighted by molar-refractivity contribution is 6.14. The zero-order valence-corrected chi connectivity index (χ0v) is 27.7. The van der Waals surface area contributed by atoms with Crippen LogP contribution in [0, 0.1) is 45.6 Å². The lowest BCUT2D eigenvalue weighted by atomic mass is 9.92. The molecule has 0 aliphatic rings. The minimum Gasteiger partial charge on any atom is -0.308 e. The van der Waals surface area contributed by atoms with E-state index in [1.54, 1.807) is 12.1 Å². The van der Waals surface area contributed by atoms with Gasteiger partial charge in [0.25, 0.3) is 0 Å². The number of halogens is 3. The summed E-state index contributed by atoms with van der Waals surface area (Å²) in [4.78, 5) is 3.69. The molecule has 8 aromatic rings. The first-order chi connectivity index (χ1) is 24.0. The van der Waals surface area contributed by atoms with E-state index in [9.17, 15) is 5.26 Å². The minimum absolute atomic E-state index is 0.129. The van der Waals surface area contributed by atoms with E-state index in [-0.39, 0.29) is 22.4 Å². The lowest BCUT2D eigenvalue weighted by Crippen LogP contribution is -2.11. The molecule has 50 heavy (non-hydrogen) atoms. The summed E-state index contributed by atoms with van der Waals surface area (Å²) in [5, 5.41) is 14.4. The monoisotopic (exact) mass is 658 g/mol. The van der Waals surface area contributed by atoms with Gasteiger partial charge in [-0.2, -0.15) is 18.4 Å². The summed E-state index contributed by atoms with van der Waals surface area (Å²) in [5.74, 6) is 0. The predicted molar refractivity (Wildman–Crippen MR) is 195 cm³/mol. The number of fused-ring (bicyclic) bond motifs is 6. The van der Waals surface area contributed by atoms with Crippen LogP contribution in [-0.4, -0.2) is 9.13 Å². The summed E-state index contributed by atoms with van der Waals surface area (Å²) in [7, 11) is 0. The second-order valence-electron chi connectivity index (χ2n) is 12.9. The molecule has 4 nitrogen and oxygen atoms in total. The summed E-state index contributed by atoms with van der Waals surface area (Å²) in [6, 6.07) is 33.3. The van der Waals surface area contributed by atoms with E-state index in [4.69, 9.17) is 6.57 Å². The van der Waals surface area contributed by atoms with E-state index in [1.165, 1.54) is 12.1 Å². The molecule has 8 rings (SSSR count). The Bertz CT molecular complexity index is 2550. The Morgan fingerprint density at radius 1 is 0.580 bits per heavy atom. The summed E-state index contributed by atoms with van der Waals surface area (Å²) in [6.45, 7) is 16.1. The maximum atomic E-state index is 15.2. The molecule has 0 unspecified atom stereocenters. The van der Waals surface area contributed by atoms with Crippen LogP contribution in [0.5, 0.6) is 0 Å². The number of para-hydroxylation sites is 4. The van der Waals surface area contributed by atoms with Crippen LogP contribution in [0.25, 0.3) is 71.0 Å². The molecule has 2 heterocycles. The molecular weight excluding hydrogens is 629 g/mol. The van der Waals surface area contributed by atoms with Crippen LogP contribution in [-0.2, 0) is 6.18 Å². The van der Waals surface area contributed by atoms with Crippen molar-refractivity contribution in [2.75, 3.05) is 0 Å². The van der Waals surface area contributed by atoms with Crippen molar-refractivity contribution in [2.24, 2.45) is 0 Å². The smallest absolute Gasteiger partial charge is 0.308 e. The van der Waals surface area contributed by atoms with Gasteiger partial charge in [-0.3, -0.25) is 0 Å². The first kappa shape index (κ1) is 31.0. The van der Waals surface area contributed by atoms with E-state index in [1.807, 2.05) is 110 Å². The lowest BCUT2D eigenvalue weighted by molar-refractivity contribution is -0.137. The van der Waals surface area contributed by atoms with Crippen LogP contribution in [0.3, 0.4) is 0 Å². The average Bonchev–Trinajstić information content (AvgIpc) is 3.63. The third kappa shape index (κ3) is 4.37. The molecule has 2 aromatic heterocycles. The molecule has 0 bridgehead atoms. The number of rotatable bonds is 3. The molecular formula is C43H29F3N4. The fraction of sp³-hybridized carbons (Fsp3) is 0.116. The van der Waals surface area contributed by atoms with Crippen molar-refractivity contribution < 1.29 is 13.2 Å². The van der Waals surface area contributed by atoms with Gasteiger partial charge in [-0.1, -0.05) is 91.0 Å². The van der Waals surface area contributed by atoms with E-state index in [2.05, 4.69) is 10.9 Å². The van der Waals surface area contributed by atoms with Crippen LogP contribution in [0.1, 0.15) is 33.4 Å². The Labute approximate surface area is 286 Å². The predicted octanol–water partition coefficient (Wildman–Crippen LogP) is 12.2. The van der Waals surface area contributed by atoms with E-state index in [0.717, 1.165) is 71.9 Å². The Hall–Kier alpha value is -6.31. The third-order valence-corrected chi connectivity index (χ3v) is 9.85. The van der Waals surface area contributed by atoms with Crippen molar-refractivity contribution in [2.45, 2.75) is 33.9 Å². The lowest BCUT2D eigenvalue weighted by Gasteiger charge is -2.25. The molecule has 0 N–H and O–H groups in total. The van der Waals surface area contributed by atoms with Gasteiger partial charge in [-0.05, 0) is 62.1 Å². The highest BCUT2D eigenvalue weighted by atomic mass is 19.4. The SMILES string of the molecule is [C-]#[N+]c1cccc(C(F)(F)F)c1-c1c(-n2c3c(C)cccc3c3cccc(C)c32)cc(C#N)cc1-n1c2c(C)cccc2c2cccc(C)c21. The molecule has 7 heteroatoms. The van der Waals surface area contributed by atoms with Gasteiger partial charge in [0.05, 0.1) is 57.2 Å². The highest BCUT2D eigenvalue weighted by Crippen LogP contribution is 2.50. The number of benzene rings is 6. The molecule has 0 atom stereocenters. The van der Waals surface area contributed by atoms with E-state index >= 15 is 13.2 Å². The van der Waals surface area contributed by atoms with Crippen LogP contribution in [0.15, 0.2) is 103 Å². The van der Waals surface area contributed by atoms with Gasteiger partial charge in [0.15, 0.2) is 5.69 Å². The summed E-state index contributed by atoms with van der Waals surface area (Å²) in [6.07, 6.45) is -4.78.